The van der Waals surface area contributed by atoms with Gasteiger partial charge >= 0.3 is 5.97 Å². The van der Waals surface area contributed by atoms with Crippen molar-refractivity contribution in [2.24, 2.45) is 17.4 Å². The number of aliphatic carboxylic acids is 1. The van der Waals surface area contributed by atoms with Gasteiger partial charge in [0.25, 0.3) is 0 Å². The number of benzene rings is 5. The van der Waals surface area contributed by atoms with E-state index in [4.69, 9.17) is 68.8 Å². The molecule has 1 aromatic heterocycles. The molecule has 35 nitrogen and oxygen atoms in total. The number of primary amides is 1. The highest BCUT2D eigenvalue weighted by Crippen LogP contribution is 2.50. The van der Waals surface area contributed by atoms with Gasteiger partial charge in [-0.25, -0.2) is 14.8 Å². The van der Waals surface area contributed by atoms with Crippen LogP contribution in [0.25, 0.3) is 11.1 Å². The number of aliphatic hydroxyl groups is 5. The van der Waals surface area contributed by atoms with Gasteiger partial charge in [-0.1, -0.05) is 67.0 Å². The molecule has 108 heavy (non-hydrogen) atoms. The van der Waals surface area contributed by atoms with E-state index in [1.165, 1.54) is 45.3 Å². The monoisotopic (exact) mass is 1560 g/mol. The van der Waals surface area contributed by atoms with Crippen LogP contribution in [0.5, 0.6) is 46.0 Å². The zero-order valence-electron chi connectivity index (χ0n) is 57.9. The van der Waals surface area contributed by atoms with Crippen LogP contribution in [0.3, 0.4) is 0 Å². The number of phenols is 3. The Hall–Kier alpha value is -9.93. The van der Waals surface area contributed by atoms with Crippen molar-refractivity contribution in [1.29, 1.82) is 0 Å². The summed E-state index contributed by atoms with van der Waals surface area (Å²) in [6.45, 7) is 6.67. The number of nitrogens with one attached hydrogen (secondary N) is 7. The maximum atomic E-state index is 16.2. The van der Waals surface area contributed by atoms with E-state index in [-0.39, 0.29) is 68.7 Å². The number of nitrogens with zero attached hydrogens (tertiary/aromatic N) is 2. The van der Waals surface area contributed by atoms with Gasteiger partial charge in [0, 0.05) is 46.7 Å². The van der Waals surface area contributed by atoms with Crippen LogP contribution in [0.4, 0.5) is 5.82 Å². The molecule has 38 heteroatoms. The molecule has 7 aliphatic heterocycles. The lowest BCUT2D eigenvalue weighted by atomic mass is 9.86. The van der Waals surface area contributed by atoms with E-state index >= 15 is 14.4 Å². The number of amides is 7. The fourth-order valence-electron chi connectivity index (χ4n) is 13.1. The van der Waals surface area contributed by atoms with Gasteiger partial charge in [0.15, 0.2) is 35.1 Å². The SMILES string of the molecule is CN[C@H](CC(C)C)C(=O)N[C@H]1C(=O)N[C@@H](CC(N)=O)C(=O)NC2C(=O)N[C@H]3C(=O)NC(C(=O)N[C@H](C(=O)O)c4cc(O)cc(O)c4-c4cc3ccc4O)[C@H](O)c3ccc(c(Cl)c3)Oc3cc2cc(c3O[C@@H]2O[C@H](CSc3nccc(N)n3)[C@@H](O)[C@H](O)[C@H]2O[C@H]2C[C@](C)(N)[C@H](O)[C@H](C)O2)Oc2ccc(cc2Cl)[C@H]1O. The first-order valence-corrected chi connectivity index (χ1v) is 35.4. The molecular weight excluding hydrogens is 1480 g/mol. The number of aliphatic hydroxyl groups excluding tert-OH is 5. The predicted octanol–water partition coefficient (Wildman–Crippen LogP) is 1.28. The van der Waals surface area contributed by atoms with E-state index in [0.717, 1.165) is 78.5 Å². The number of phenolic OH excluding ortho intramolecular Hbond substituents is 3. The Morgan fingerprint density at radius 1 is 0.741 bits per heavy atom. The van der Waals surface area contributed by atoms with Crippen LogP contribution in [0.1, 0.15) is 105 Å². The quantitative estimate of drug-likeness (QED) is 0.0508. The highest BCUT2D eigenvalue weighted by atomic mass is 35.5. The summed E-state index contributed by atoms with van der Waals surface area (Å²) in [4.78, 5) is 126. The number of carboxylic acids is 1. The Labute approximate surface area is 628 Å². The van der Waals surface area contributed by atoms with E-state index in [1.807, 2.05) is 13.8 Å². The Balaban J connectivity index is 1.16. The molecule has 13 rings (SSSR count). The molecule has 8 heterocycles. The summed E-state index contributed by atoms with van der Waals surface area (Å²) >= 11 is 15.2. The number of rotatable bonds is 15. The minimum absolute atomic E-state index is 0.0818. The average molecular weight is 1560 g/mol. The zero-order chi connectivity index (χ0) is 78.2. The minimum atomic E-state index is -2.35. The summed E-state index contributed by atoms with van der Waals surface area (Å²) in [7, 11) is 1.48. The average Bonchev–Trinajstić information content (AvgIpc) is 0.767. The lowest BCUT2D eigenvalue weighted by molar-refractivity contribution is -0.329. The van der Waals surface area contributed by atoms with Crippen molar-refractivity contribution >= 4 is 88.1 Å². The Morgan fingerprint density at radius 2 is 1.37 bits per heavy atom. The zero-order valence-corrected chi connectivity index (χ0v) is 60.2. The van der Waals surface area contributed by atoms with Crippen molar-refractivity contribution in [2.45, 2.75) is 161 Å². The number of ether oxygens (including phenoxy) is 6. The molecule has 7 amide bonds. The van der Waals surface area contributed by atoms with E-state index in [9.17, 15) is 69.9 Å². The molecule has 11 bridgehead atoms. The van der Waals surface area contributed by atoms with Crippen LogP contribution in [-0.4, -0.2) is 195 Å². The van der Waals surface area contributed by atoms with Gasteiger partial charge in [0.1, 0.15) is 89.2 Å². The molecule has 6 aromatic rings. The number of nitrogens with two attached hydrogens (primary N) is 3. The molecule has 0 aliphatic carbocycles. The van der Waals surface area contributed by atoms with E-state index in [1.54, 1.807) is 0 Å². The number of hydrogen-bond acceptors (Lipinski definition) is 28. The van der Waals surface area contributed by atoms with Crippen molar-refractivity contribution in [3.8, 4) is 57.1 Å². The molecular formula is C70H78Cl2N12O23S. The van der Waals surface area contributed by atoms with Gasteiger partial charge < -0.3 is 129 Å². The third kappa shape index (κ3) is 17.1. The third-order valence-electron chi connectivity index (χ3n) is 18.6. The summed E-state index contributed by atoms with van der Waals surface area (Å²) in [6.07, 6.45) is -16.8. The molecule has 5 aromatic carbocycles. The van der Waals surface area contributed by atoms with E-state index in [0.29, 0.717) is 0 Å². The predicted molar refractivity (Wildman–Crippen MR) is 379 cm³/mol. The van der Waals surface area contributed by atoms with Gasteiger partial charge in [-0.15, -0.1) is 0 Å². The molecule has 0 radical (unpaired) electrons. The van der Waals surface area contributed by atoms with E-state index < -0.39 is 225 Å². The highest BCUT2D eigenvalue weighted by molar-refractivity contribution is 7.99. The number of likely N-dealkylation sites (N-methyl/N-ethyl adjacent to an activating group) is 1. The number of anilines is 1. The first kappa shape index (κ1) is 79.1. The Bertz CT molecular complexity index is 4510. The standard InChI is InChI=1S/C70H78Cl2N12O23S/c1-25(2)14-36(76-5)61(94)83-52-54(89)28-7-10-40(34(71)16-28)103-42-18-30-19-43(58(42)107-68-59(106-47-23-70(4,75)60(93)26(3)102-47)57(92)56(91)44(105-68)24-108-69-77-13-12-45(73)79-69)104-41-11-8-29(17-35(41)72)55(90)53-66(99)82-51(67(100)101)33-20-31(85)21-39(87)48(33)32-15-27(6-9-38(32)86)49(63(96)84-53)81-64(97)50(30)80-62(95)37(22-46(74)88)78-65(52)98/h6-13,15-21,25-26,36-37,44,47,49-57,59-60,68,76,85-87,89-93H,14,22-24,75H2,1-5H3,(H2,74,88)(H,78,98)(H,80,95)(H,81,97)(H,82,99)(H,83,94)(H,84,96)(H,100,101)(H2,73,77,79)/t26-,36+,37-,44+,47-,49+,50?,51-,52+,53?,54+,55+,56+,57-,59+,60+,68-,70-/m0/s1. The number of nitrogen functional groups attached to an aromatic ring is 1. The maximum absolute atomic E-state index is 16.2. The van der Waals surface area contributed by atoms with Gasteiger partial charge in [0.05, 0.1) is 40.8 Å². The fourth-order valence-corrected chi connectivity index (χ4v) is 14.4. The molecule has 2 saturated heterocycles. The van der Waals surface area contributed by atoms with Crippen LogP contribution in [0.2, 0.25) is 10.0 Å². The second kappa shape index (κ2) is 32.5. The first-order valence-electron chi connectivity index (χ1n) is 33.6. The van der Waals surface area contributed by atoms with Crippen molar-refractivity contribution in [3.63, 3.8) is 0 Å². The van der Waals surface area contributed by atoms with Crippen LogP contribution < -0.4 is 68.6 Å². The van der Waals surface area contributed by atoms with Crippen LogP contribution in [0, 0.1) is 5.92 Å². The second-order valence-electron chi connectivity index (χ2n) is 27.1. The van der Waals surface area contributed by atoms with Crippen LogP contribution in [0.15, 0.2) is 96.3 Å². The lowest BCUT2D eigenvalue weighted by Crippen LogP contribution is -2.64. The highest BCUT2D eigenvalue weighted by Gasteiger charge is 2.52. The van der Waals surface area contributed by atoms with Crippen molar-refractivity contribution < 1.29 is 113 Å². The summed E-state index contributed by atoms with van der Waals surface area (Å²) in [5, 5.41) is 122. The smallest absolute Gasteiger partial charge is 0.330 e. The van der Waals surface area contributed by atoms with Crippen molar-refractivity contribution in [1.82, 2.24) is 47.2 Å². The largest absolute Gasteiger partial charge is 0.508 e. The number of fused-ring (bicyclic) bond motifs is 15. The number of halogens is 2. The maximum Gasteiger partial charge on any atom is 0.330 e. The van der Waals surface area contributed by atoms with Gasteiger partial charge in [-0.2, -0.15) is 0 Å². The number of carbonyl (C=O) groups excluding carboxylic acids is 7. The van der Waals surface area contributed by atoms with Crippen LogP contribution in [-0.2, 0) is 52.6 Å². The van der Waals surface area contributed by atoms with E-state index in [2.05, 4.69) is 47.2 Å². The lowest BCUT2D eigenvalue weighted by Gasteiger charge is -2.47. The topological polar surface area (TPSA) is 562 Å². The Morgan fingerprint density at radius 3 is 1.98 bits per heavy atom. The summed E-state index contributed by atoms with van der Waals surface area (Å²) in [5.74, 6) is -16.1. The fraction of sp³-hybridized carbons (Fsp3) is 0.400. The van der Waals surface area contributed by atoms with Crippen molar-refractivity contribution in [2.75, 3.05) is 18.5 Å². The molecule has 2 unspecified atom stereocenters. The summed E-state index contributed by atoms with van der Waals surface area (Å²) in [6, 6.07) is 0.881. The molecule has 18 atom stereocenters. The minimum Gasteiger partial charge on any atom is -0.508 e. The van der Waals surface area contributed by atoms with Crippen LogP contribution >= 0.6 is 35.0 Å². The number of thioether (sulfide) groups is 1. The number of carboxylic acid groups (broad SMARTS) is 1. The second-order valence-corrected chi connectivity index (χ2v) is 28.9. The number of carbonyl (C=O) groups is 8. The normalized spacial score (nSPS) is 28.3. The number of aromatic nitrogens is 2. The number of aromatic hydroxyl groups is 3. The van der Waals surface area contributed by atoms with Crippen molar-refractivity contribution in [3.05, 3.63) is 129 Å². The molecule has 576 valence electrons. The van der Waals surface area contributed by atoms with Gasteiger partial charge in [-0.3, -0.25) is 33.6 Å². The summed E-state index contributed by atoms with van der Waals surface area (Å²) < 4.78 is 39.5. The molecule has 0 saturated carbocycles. The molecule has 7 aliphatic rings. The first-order chi connectivity index (χ1) is 51.1. The molecule has 22 N–H and O–H groups in total. The Kier molecular flexibility index (Phi) is 23.8. The van der Waals surface area contributed by atoms with Gasteiger partial charge in [0.2, 0.25) is 53.4 Å². The molecule has 2 fully saturated rings. The molecule has 0 spiro atoms. The third-order valence-corrected chi connectivity index (χ3v) is 20.2. The van der Waals surface area contributed by atoms with Gasteiger partial charge in [-0.05, 0) is 116 Å². The number of hydrogen-bond donors (Lipinski definition) is 19. The summed E-state index contributed by atoms with van der Waals surface area (Å²) in [5.41, 5.74) is 14.1.